The van der Waals surface area contributed by atoms with Crippen molar-refractivity contribution in [1.82, 2.24) is 20.2 Å². The van der Waals surface area contributed by atoms with Gasteiger partial charge < -0.3 is 4.98 Å². The Morgan fingerprint density at radius 1 is 0.781 bits per heavy atom. The fourth-order valence-electron chi connectivity index (χ4n) is 3.75. The molecule has 0 amide bonds. The van der Waals surface area contributed by atoms with Gasteiger partial charge in [0.05, 0.1) is 11.4 Å². The fourth-order valence-corrected chi connectivity index (χ4v) is 3.75. The van der Waals surface area contributed by atoms with Crippen LogP contribution in [0.4, 0.5) is 0 Å². The highest BCUT2D eigenvalue weighted by molar-refractivity contribution is 5.91. The number of benzene rings is 2. The summed E-state index contributed by atoms with van der Waals surface area (Å²) in [5, 5.41) is 8.71. The molecule has 32 heavy (non-hydrogen) atoms. The summed E-state index contributed by atoms with van der Waals surface area (Å²) in [5.41, 5.74) is 7.81. The van der Waals surface area contributed by atoms with Crippen LogP contribution < -0.4 is 0 Å². The smallest absolute Gasteiger partial charge is 0.0854 e. The lowest BCUT2D eigenvalue weighted by Gasteiger charge is -2.02. The second-order valence-electron chi connectivity index (χ2n) is 7.76. The molecule has 2 aromatic carbocycles. The third-order valence-electron chi connectivity index (χ3n) is 5.51. The predicted molar refractivity (Wildman–Crippen MR) is 133 cm³/mol. The molecule has 5 rings (SSSR count). The van der Waals surface area contributed by atoms with Gasteiger partial charge in [-0.05, 0) is 72.0 Å². The van der Waals surface area contributed by atoms with Gasteiger partial charge in [-0.15, -0.1) is 0 Å². The first kappa shape index (κ1) is 19.8. The molecule has 5 aromatic rings. The van der Waals surface area contributed by atoms with Gasteiger partial charge in [0.15, 0.2) is 0 Å². The minimum absolute atomic E-state index is 0.906. The van der Waals surface area contributed by atoms with Crippen molar-refractivity contribution in [3.05, 3.63) is 119 Å². The number of hydrogen-bond acceptors (Lipinski definition) is 2. The molecule has 0 aliphatic carbocycles. The van der Waals surface area contributed by atoms with E-state index in [0.29, 0.717) is 0 Å². The minimum atomic E-state index is 0.906. The summed E-state index contributed by atoms with van der Waals surface area (Å²) in [6, 6.07) is 25.1. The zero-order valence-corrected chi connectivity index (χ0v) is 17.7. The minimum Gasteiger partial charge on any atom is -0.361 e. The molecule has 0 bridgehead atoms. The van der Waals surface area contributed by atoms with E-state index in [1.807, 2.05) is 36.7 Å². The largest absolute Gasteiger partial charge is 0.361 e. The number of aromatic nitrogens is 4. The Morgan fingerprint density at radius 2 is 1.72 bits per heavy atom. The van der Waals surface area contributed by atoms with Crippen LogP contribution in [-0.4, -0.2) is 20.2 Å². The summed E-state index contributed by atoms with van der Waals surface area (Å²) >= 11 is 0. The molecule has 4 heteroatoms. The molecule has 4 nitrogen and oxygen atoms in total. The molecular weight excluding hydrogens is 392 g/mol. The fraction of sp³-hybridized carbons (Fsp3) is 0.0714. The lowest BCUT2D eigenvalue weighted by molar-refractivity contribution is 0.914. The van der Waals surface area contributed by atoms with E-state index in [-0.39, 0.29) is 0 Å². The van der Waals surface area contributed by atoms with E-state index in [9.17, 15) is 0 Å². The second-order valence-corrected chi connectivity index (χ2v) is 7.76. The number of pyridine rings is 1. The van der Waals surface area contributed by atoms with Crippen molar-refractivity contribution < 1.29 is 0 Å². The average Bonchev–Trinajstić information content (AvgIpc) is 3.51. The maximum absolute atomic E-state index is 4.40. The van der Waals surface area contributed by atoms with Crippen molar-refractivity contribution >= 4 is 35.2 Å². The summed E-state index contributed by atoms with van der Waals surface area (Å²) in [6.07, 6.45) is 14.1. The van der Waals surface area contributed by atoms with Gasteiger partial charge in [0.25, 0.3) is 0 Å². The molecule has 3 aromatic heterocycles. The van der Waals surface area contributed by atoms with E-state index >= 15 is 0 Å². The van der Waals surface area contributed by atoms with Crippen molar-refractivity contribution in [2.24, 2.45) is 0 Å². The van der Waals surface area contributed by atoms with Crippen LogP contribution in [0, 0.1) is 0 Å². The van der Waals surface area contributed by atoms with Gasteiger partial charge in [0, 0.05) is 29.0 Å². The Labute approximate surface area is 187 Å². The number of nitrogens with zero attached hydrogens (tertiary/aromatic N) is 2. The van der Waals surface area contributed by atoms with Crippen LogP contribution >= 0.6 is 0 Å². The summed E-state index contributed by atoms with van der Waals surface area (Å²) in [4.78, 5) is 7.64. The molecule has 0 fully saturated rings. The Balaban J connectivity index is 1.20. The maximum atomic E-state index is 4.40. The van der Waals surface area contributed by atoms with Crippen molar-refractivity contribution in [1.29, 1.82) is 0 Å². The number of H-pyrrole nitrogens is 2. The van der Waals surface area contributed by atoms with Gasteiger partial charge >= 0.3 is 0 Å². The lowest BCUT2D eigenvalue weighted by Crippen LogP contribution is -1.93. The monoisotopic (exact) mass is 416 g/mol. The Morgan fingerprint density at radius 3 is 2.59 bits per heavy atom. The molecule has 2 N–H and O–H groups in total. The third-order valence-corrected chi connectivity index (χ3v) is 5.51. The zero-order valence-electron chi connectivity index (χ0n) is 17.7. The van der Waals surface area contributed by atoms with Crippen molar-refractivity contribution in [3.8, 4) is 0 Å². The molecule has 0 unspecified atom stereocenters. The van der Waals surface area contributed by atoms with E-state index in [1.54, 1.807) is 0 Å². The van der Waals surface area contributed by atoms with Crippen LogP contribution in [0.5, 0.6) is 0 Å². The molecule has 0 radical (unpaired) electrons. The van der Waals surface area contributed by atoms with E-state index in [1.165, 1.54) is 16.5 Å². The van der Waals surface area contributed by atoms with Gasteiger partial charge in [0.1, 0.15) is 0 Å². The number of aryl methyl sites for hydroxylation is 2. The summed E-state index contributed by atoms with van der Waals surface area (Å²) in [7, 11) is 0. The quantitative estimate of drug-likeness (QED) is 0.322. The summed E-state index contributed by atoms with van der Waals surface area (Å²) in [6.45, 7) is 0. The van der Waals surface area contributed by atoms with E-state index in [2.05, 4.69) is 93.0 Å². The van der Waals surface area contributed by atoms with E-state index in [4.69, 9.17) is 0 Å². The van der Waals surface area contributed by atoms with Gasteiger partial charge in [-0.25, -0.2) is 0 Å². The molecule has 0 atom stereocenters. The highest BCUT2D eigenvalue weighted by Crippen LogP contribution is 2.20. The van der Waals surface area contributed by atoms with Crippen LogP contribution in [0.25, 0.3) is 35.2 Å². The highest BCUT2D eigenvalue weighted by Gasteiger charge is 2.00. The van der Waals surface area contributed by atoms with Gasteiger partial charge in [-0.1, -0.05) is 54.6 Å². The Hall–Kier alpha value is -4.18. The lowest BCUT2D eigenvalue weighted by atomic mass is 10.1. The average molecular weight is 417 g/mol. The van der Waals surface area contributed by atoms with Crippen molar-refractivity contribution in [2.45, 2.75) is 12.8 Å². The molecule has 156 valence electrons. The molecule has 3 heterocycles. The first-order valence-corrected chi connectivity index (χ1v) is 10.8. The molecule has 0 saturated carbocycles. The van der Waals surface area contributed by atoms with Crippen LogP contribution in [0.1, 0.15) is 33.8 Å². The SMILES string of the molecule is C(=C\c1cc(/C=C/c2cccc3[nH]ccc23)[nH]n1)/c1ccc(CCc2ccccn2)cc1. The summed E-state index contributed by atoms with van der Waals surface area (Å²) < 4.78 is 0. The number of hydrogen-bond donors (Lipinski definition) is 2. The van der Waals surface area contributed by atoms with Gasteiger partial charge in [0.2, 0.25) is 0 Å². The van der Waals surface area contributed by atoms with E-state index in [0.717, 1.165) is 41.0 Å². The standard InChI is InChI=1S/C28H24N4/c1-2-18-29-24(5-1)14-11-21-7-9-22(10-8-21)12-15-25-20-26(32-31-25)16-13-23-4-3-6-28-27(23)17-19-30-28/h1-10,12-13,15-20,30H,11,14H2,(H,31,32)/b15-12+,16-13+. The maximum Gasteiger partial charge on any atom is 0.0854 e. The molecule has 0 aliphatic heterocycles. The Kier molecular flexibility index (Phi) is 5.75. The third kappa shape index (κ3) is 4.76. The molecular formula is C28H24N4. The number of aromatic amines is 2. The van der Waals surface area contributed by atoms with Gasteiger partial charge in [-0.3, -0.25) is 10.1 Å². The number of rotatable bonds is 7. The van der Waals surface area contributed by atoms with Gasteiger partial charge in [-0.2, -0.15) is 5.10 Å². The molecule has 0 spiro atoms. The first-order chi connectivity index (χ1) is 15.8. The molecule has 0 aliphatic rings. The first-order valence-electron chi connectivity index (χ1n) is 10.8. The van der Waals surface area contributed by atoms with Crippen LogP contribution in [0.2, 0.25) is 0 Å². The van der Waals surface area contributed by atoms with Crippen LogP contribution in [-0.2, 0) is 12.8 Å². The van der Waals surface area contributed by atoms with Crippen LogP contribution in [0.15, 0.2) is 85.2 Å². The zero-order chi connectivity index (χ0) is 21.6. The van der Waals surface area contributed by atoms with E-state index < -0.39 is 0 Å². The highest BCUT2D eigenvalue weighted by atomic mass is 15.1. The Bertz CT molecular complexity index is 1360. The topological polar surface area (TPSA) is 57.4 Å². The van der Waals surface area contributed by atoms with Crippen molar-refractivity contribution in [2.75, 3.05) is 0 Å². The summed E-state index contributed by atoms with van der Waals surface area (Å²) in [5.74, 6) is 0. The van der Waals surface area contributed by atoms with Crippen LogP contribution in [0.3, 0.4) is 0 Å². The number of fused-ring (bicyclic) bond motifs is 1. The normalized spacial score (nSPS) is 11.8. The molecule has 0 saturated heterocycles. The van der Waals surface area contributed by atoms with Crippen molar-refractivity contribution in [3.63, 3.8) is 0 Å². The number of nitrogens with one attached hydrogen (secondary N) is 2. The second kappa shape index (κ2) is 9.31. The predicted octanol–water partition coefficient (Wildman–Crippen LogP) is 6.41.